The average molecular weight is 588 g/mol. The minimum absolute atomic E-state index is 0.144. The van der Waals surface area contributed by atoms with Gasteiger partial charge in [0.2, 0.25) is 5.91 Å². The Morgan fingerprint density at radius 3 is 2.76 bits per heavy atom. The van der Waals surface area contributed by atoms with Crippen LogP contribution < -0.4 is 19.5 Å². The highest BCUT2D eigenvalue weighted by atomic mass is 32.1. The van der Waals surface area contributed by atoms with E-state index in [0.29, 0.717) is 52.3 Å². The van der Waals surface area contributed by atoms with E-state index in [0.717, 1.165) is 17.0 Å². The first-order valence-corrected chi connectivity index (χ1v) is 13.8. The number of hydrogen-bond acceptors (Lipinski definition) is 10. The molecule has 0 atom stereocenters. The summed E-state index contributed by atoms with van der Waals surface area (Å²) in [6, 6.07) is 7.97. The number of methoxy groups -OCH3 is 1. The van der Waals surface area contributed by atoms with E-state index in [9.17, 15) is 4.79 Å². The number of nitrogens with zero attached hydrogens (tertiary/aromatic N) is 6. The monoisotopic (exact) mass is 587 g/mol. The first-order valence-electron chi connectivity index (χ1n) is 12.9. The van der Waals surface area contributed by atoms with Crippen molar-refractivity contribution in [3.05, 3.63) is 72.4 Å². The van der Waals surface area contributed by atoms with Crippen molar-refractivity contribution >= 4 is 39.7 Å². The number of amides is 1. The number of anilines is 2. The Labute approximate surface area is 244 Å². The number of nitrogens with one attached hydrogen (secondary N) is 1. The Morgan fingerprint density at radius 1 is 1.21 bits per heavy atom. The Bertz CT molecular complexity index is 1820. The molecule has 1 aliphatic rings. The van der Waals surface area contributed by atoms with Gasteiger partial charge in [0, 0.05) is 41.2 Å². The largest absolute Gasteiger partial charge is 0.493 e. The highest BCUT2D eigenvalue weighted by Crippen LogP contribution is 2.37. The summed E-state index contributed by atoms with van der Waals surface area (Å²) in [6.45, 7) is 6.35. The number of ether oxygens (including phenoxy) is 3. The second-order valence-electron chi connectivity index (χ2n) is 9.56. The minimum Gasteiger partial charge on any atom is -0.493 e. The Kier molecular flexibility index (Phi) is 7.17. The SMILES string of the molecule is C=CC(=O)N1CC(Oc2cc3c(Nc4ccc(Oc5nc(-c6cnn(C)c6C)cs5)cc4F)ncnc3cc2OC)C1. The topological polar surface area (TPSA) is 117 Å². The maximum absolute atomic E-state index is 15.2. The lowest BCUT2D eigenvalue weighted by Crippen LogP contribution is -2.55. The fraction of sp³-hybridized carbons (Fsp3) is 0.207. The zero-order valence-electron chi connectivity index (χ0n) is 23.0. The molecule has 4 heterocycles. The summed E-state index contributed by atoms with van der Waals surface area (Å²) >= 11 is 1.32. The molecule has 3 aromatic heterocycles. The lowest BCUT2D eigenvalue weighted by Gasteiger charge is -2.38. The molecule has 0 radical (unpaired) electrons. The van der Waals surface area contributed by atoms with E-state index in [2.05, 4.69) is 31.9 Å². The highest BCUT2D eigenvalue weighted by molar-refractivity contribution is 7.11. The summed E-state index contributed by atoms with van der Waals surface area (Å²) in [6.07, 6.45) is 4.21. The van der Waals surface area contributed by atoms with E-state index in [1.165, 1.54) is 36.9 Å². The number of rotatable bonds is 9. The van der Waals surface area contributed by atoms with Crippen LogP contribution in [0.2, 0.25) is 0 Å². The number of halogens is 1. The summed E-state index contributed by atoms with van der Waals surface area (Å²) in [5.74, 6) is 0.956. The van der Waals surface area contributed by atoms with Crippen LogP contribution in [-0.4, -0.2) is 61.8 Å². The van der Waals surface area contributed by atoms with Crippen LogP contribution in [0.4, 0.5) is 15.9 Å². The first kappa shape index (κ1) is 27.1. The highest BCUT2D eigenvalue weighted by Gasteiger charge is 2.31. The van der Waals surface area contributed by atoms with Gasteiger partial charge in [-0.3, -0.25) is 9.48 Å². The van der Waals surface area contributed by atoms with E-state index in [-0.39, 0.29) is 17.7 Å². The number of aryl methyl sites for hydroxylation is 1. The van der Waals surface area contributed by atoms with Crippen molar-refractivity contribution in [2.24, 2.45) is 7.05 Å². The fourth-order valence-corrected chi connectivity index (χ4v) is 5.17. The summed E-state index contributed by atoms with van der Waals surface area (Å²) < 4.78 is 34.4. The van der Waals surface area contributed by atoms with Gasteiger partial charge in [-0.1, -0.05) is 17.9 Å². The minimum atomic E-state index is -0.537. The predicted molar refractivity (Wildman–Crippen MR) is 156 cm³/mol. The summed E-state index contributed by atoms with van der Waals surface area (Å²) in [5, 5.41) is 10.2. The molecule has 1 saturated heterocycles. The van der Waals surface area contributed by atoms with Gasteiger partial charge in [-0.25, -0.2) is 19.3 Å². The number of thiazole rings is 1. The molecule has 11 nitrogen and oxygen atoms in total. The van der Waals surface area contributed by atoms with Crippen LogP contribution >= 0.6 is 11.3 Å². The van der Waals surface area contributed by atoms with Gasteiger partial charge in [-0.15, -0.1) is 0 Å². The number of hydrogen-bond donors (Lipinski definition) is 1. The second-order valence-corrected chi connectivity index (χ2v) is 10.4. The molecule has 13 heteroatoms. The molecule has 1 aliphatic heterocycles. The van der Waals surface area contributed by atoms with Gasteiger partial charge in [0.1, 0.15) is 29.8 Å². The Balaban J connectivity index is 1.20. The van der Waals surface area contributed by atoms with E-state index in [1.54, 1.807) is 40.0 Å². The number of aromatic nitrogens is 5. The van der Waals surface area contributed by atoms with Crippen molar-refractivity contribution in [2.45, 2.75) is 13.0 Å². The fourth-order valence-electron chi connectivity index (χ4n) is 4.48. The Morgan fingerprint density at radius 2 is 2.05 bits per heavy atom. The lowest BCUT2D eigenvalue weighted by molar-refractivity contribution is -0.134. The van der Waals surface area contributed by atoms with Crippen LogP contribution in [0.1, 0.15) is 5.69 Å². The summed E-state index contributed by atoms with van der Waals surface area (Å²) in [7, 11) is 3.40. The molecule has 0 unspecified atom stereocenters. The van der Waals surface area contributed by atoms with E-state index in [4.69, 9.17) is 14.2 Å². The van der Waals surface area contributed by atoms with Gasteiger partial charge in [-0.2, -0.15) is 5.10 Å². The summed E-state index contributed by atoms with van der Waals surface area (Å²) in [4.78, 5) is 26.6. The van der Waals surface area contributed by atoms with Crippen LogP contribution in [0, 0.1) is 12.7 Å². The van der Waals surface area contributed by atoms with Gasteiger partial charge in [0.05, 0.1) is 43.3 Å². The molecule has 2 aromatic carbocycles. The smallest absolute Gasteiger partial charge is 0.279 e. The number of fused-ring (bicyclic) bond motifs is 1. The average Bonchev–Trinajstić information content (AvgIpc) is 3.56. The third-order valence-corrected chi connectivity index (χ3v) is 7.66. The second kappa shape index (κ2) is 11.1. The third-order valence-electron chi connectivity index (χ3n) is 6.94. The number of carbonyl (C=O) groups excluding carboxylic acids is 1. The van der Waals surface area contributed by atoms with Crippen LogP contribution in [0.15, 0.2) is 60.9 Å². The number of benzene rings is 2. The van der Waals surface area contributed by atoms with Gasteiger partial charge < -0.3 is 24.4 Å². The van der Waals surface area contributed by atoms with Crippen molar-refractivity contribution in [2.75, 3.05) is 25.5 Å². The molecule has 0 aliphatic carbocycles. The van der Waals surface area contributed by atoms with Gasteiger partial charge >= 0.3 is 0 Å². The van der Waals surface area contributed by atoms with Crippen LogP contribution in [0.3, 0.4) is 0 Å². The van der Waals surface area contributed by atoms with Crippen molar-refractivity contribution in [3.8, 4) is 33.7 Å². The molecule has 0 spiro atoms. The van der Waals surface area contributed by atoms with Gasteiger partial charge in [0.25, 0.3) is 5.19 Å². The molecule has 0 bridgehead atoms. The zero-order valence-corrected chi connectivity index (χ0v) is 23.8. The van der Waals surface area contributed by atoms with Crippen LogP contribution in [0.25, 0.3) is 22.2 Å². The Hall–Kier alpha value is -5.04. The molecule has 6 rings (SSSR count). The molecule has 1 amide bonds. The lowest BCUT2D eigenvalue weighted by atomic mass is 10.1. The molecule has 0 saturated carbocycles. The summed E-state index contributed by atoms with van der Waals surface area (Å²) in [5.41, 5.74) is 3.42. The van der Waals surface area contributed by atoms with Crippen molar-refractivity contribution in [1.82, 2.24) is 29.6 Å². The van der Waals surface area contributed by atoms with Crippen LogP contribution in [-0.2, 0) is 11.8 Å². The van der Waals surface area contributed by atoms with Gasteiger partial charge in [-0.05, 0) is 31.2 Å². The zero-order chi connectivity index (χ0) is 29.4. The molecule has 5 aromatic rings. The normalized spacial score (nSPS) is 13.1. The van der Waals surface area contributed by atoms with E-state index < -0.39 is 5.82 Å². The molecular formula is C29H26FN7O4S. The molecule has 214 valence electrons. The van der Waals surface area contributed by atoms with Crippen molar-refractivity contribution in [3.63, 3.8) is 0 Å². The maximum atomic E-state index is 15.2. The van der Waals surface area contributed by atoms with Crippen LogP contribution in [0.5, 0.6) is 22.4 Å². The van der Waals surface area contributed by atoms with E-state index in [1.807, 2.05) is 19.4 Å². The number of carbonyl (C=O) groups is 1. The quantitative estimate of drug-likeness (QED) is 0.231. The molecule has 42 heavy (non-hydrogen) atoms. The standard InChI is InChI=1S/C29H26FN7O4S/c1-5-27(38)37-12-18(13-37)40-26-9-19-23(10-25(26)39-4)31-15-32-28(19)34-22-7-6-17(8-21(22)30)41-29-35-24(14-42-29)20-11-33-36(3)16(20)2/h5-11,14-15,18H,1,12-13H2,2-4H3,(H,31,32,34). The molecule has 1 N–H and O–H groups in total. The molecule has 1 fully saturated rings. The first-order chi connectivity index (χ1) is 20.3. The predicted octanol–water partition coefficient (Wildman–Crippen LogP) is 5.25. The third kappa shape index (κ3) is 5.21. The van der Waals surface area contributed by atoms with Gasteiger partial charge in [0.15, 0.2) is 11.5 Å². The van der Waals surface area contributed by atoms with Crippen molar-refractivity contribution < 1.29 is 23.4 Å². The maximum Gasteiger partial charge on any atom is 0.279 e. The molecular weight excluding hydrogens is 561 g/mol. The van der Waals surface area contributed by atoms with Crippen molar-refractivity contribution in [1.29, 1.82) is 0 Å². The number of likely N-dealkylation sites (tertiary alicyclic amines) is 1. The van der Waals surface area contributed by atoms with E-state index >= 15 is 4.39 Å².